The summed E-state index contributed by atoms with van der Waals surface area (Å²) in [6, 6.07) is 22.6. The standard InChI is InChI=1S/C33H32F2N2O6/c1-3-41-33(38)11-6-18-42-28-7-4-8-29(20-28)43-27-16-12-24(13-17-27)21-36(22-25-14-15-26(34)19-30(25)35)31-9-5-10-32(23(31)2)37(39)40/h4-5,7-10,12-17,19-20H,3,6,11,18,21-22H2,1-2H3. The monoisotopic (exact) mass is 590 g/mol. The molecule has 8 nitrogen and oxygen atoms in total. The lowest BCUT2D eigenvalue weighted by Gasteiger charge is -2.27. The van der Waals surface area contributed by atoms with E-state index in [9.17, 15) is 23.7 Å². The molecule has 0 unspecified atom stereocenters. The second-order valence-electron chi connectivity index (χ2n) is 9.75. The Hall–Kier alpha value is -4.99. The lowest BCUT2D eigenvalue weighted by Crippen LogP contribution is -2.24. The molecule has 0 saturated carbocycles. The molecule has 4 aromatic rings. The molecule has 0 bridgehead atoms. The number of anilines is 1. The zero-order valence-corrected chi connectivity index (χ0v) is 23.9. The van der Waals surface area contributed by atoms with Crippen LogP contribution in [-0.4, -0.2) is 24.1 Å². The van der Waals surface area contributed by atoms with E-state index in [1.54, 1.807) is 62.4 Å². The highest BCUT2D eigenvalue weighted by Gasteiger charge is 2.20. The van der Waals surface area contributed by atoms with Crippen molar-refractivity contribution < 1.29 is 32.7 Å². The summed E-state index contributed by atoms with van der Waals surface area (Å²) >= 11 is 0. The lowest BCUT2D eigenvalue weighted by molar-refractivity contribution is -0.385. The van der Waals surface area contributed by atoms with Crippen molar-refractivity contribution in [3.63, 3.8) is 0 Å². The number of carbonyl (C=O) groups is 1. The molecule has 0 heterocycles. The summed E-state index contributed by atoms with van der Waals surface area (Å²) in [6.07, 6.45) is 0.819. The van der Waals surface area contributed by atoms with Gasteiger partial charge in [-0.3, -0.25) is 14.9 Å². The maximum atomic E-state index is 14.6. The quantitative estimate of drug-likeness (QED) is 0.0638. The number of nitro benzene ring substituents is 1. The fraction of sp³-hybridized carbons (Fsp3) is 0.242. The summed E-state index contributed by atoms with van der Waals surface area (Å²) < 4.78 is 44.8. The second kappa shape index (κ2) is 14.8. The molecule has 0 atom stereocenters. The molecule has 0 N–H and O–H groups in total. The van der Waals surface area contributed by atoms with Crippen LogP contribution >= 0.6 is 0 Å². The third kappa shape index (κ3) is 8.75. The number of benzene rings is 4. The smallest absolute Gasteiger partial charge is 0.305 e. The van der Waals surface area contributed by atoms with E-state index >= 15 is 0 Å². The highest BCUT2D eigenvalue weighted by molar-refractivity contribution is 5.69. The van der Waals surface area contributed by atoms with Crippen molar-refractivity contribution >= 4 is 17.3 Å². The normalized spacial score (nSPS) is 10.7. The van der Waals surface area contributed by atoms with Crippen molar-refractivity contribution in [3.8, 4) is 17.2 Å². The van der Waals surface area contributed by atoms with Crippen LogP contribution in [0.2, 0.25) is 0 Å². The van der Waals surface area contributed by atoms with E-state index in [1.807, 2.05) is 17.0 Å². The molecule has 0 aliphatic carbocycles. The molecule has 43 heavy (non-hydrogen) atoms. The average molecular weight is 591 g/mol. The zero-order chi connectivity index (χ0) is 30.8. The highest BCUT2D eigenvalue weighted by atomic mass is 19.1. The van der Waals surface area contributed by atoms with Crippen molar-refractivity contribution in [1.29, 1.82) is 0 Å². The van der Waals surface area contributed by atoms with Crippen LogP contribution in [-0.2, 0) is 22.6 Å². The topological polar surface area (TPSA) is 91.1 Å². The number of nitro groups is 1. The van der Waals surface area contributed by atoms with Crippen LogP contribution in [0.3, 0.4) is 0 Å². The predicted octanol–water partition coefficient (Wildman–Crippen LogP) is 7.90. The first kappa shape index (κ1) is 31.0. The van der Waals surface area contributed by atoms with E-state index < -0.39 is 16.6 Å². The van der Waals surface area contributed by atoms with Gasteiger partial charge in [-0.15, -0.1) is 0 Å². The van der Waals surface area contributed by atoms with Crippen molar-refractivity contribution in [2.75, 3.05) is 18.1 Å². The van der Waals surface area contributed by atoms with E-state index in [0.29, 0.717) is 54.7 Å². The number of halogens is 2. The first-order valence-electron chi connectivity index (χ1n) is 13.8. The van der Waals surface area contributed by atoms with Gasteiger partial charge in [0.15, 0.2) is 0 Å². The fourth-order valence-electron chi connectivity index (χ4n) is 4.52. The van der Waals surface area contributed by atoms with Gasteiger partial charge in [-0.05, 0) is 62.2 Å². The number of hydrogen-bond donors (Lipinski definition) is 0. The van der Waals surface area contributed by atoms with Crippen molar-refractivity contribution in [3.05, 3.63) is 123 Å². The highest BCUT2D eigenvalue weighted by Crippen LogP contribution is 2.32. The third-order valence-electron chi connectivity index (χ3n) is 6.63. The van der Waals surface area contributed by atoms with E-state index in [1.165, 1.54) is 18.2 Å². The summed E-state index contributed by atoms with van der Waals surface area (Å²) in [5, 5.41) is 11.6. The zero-order valence-electron chi connectivity index (χ0n) is 23.9. The molecule has 4 rings (SSSR count). The van der Waals surface area contributed by atoms with Crippen molar-refractivity contribution in [2.45, 2.75) is 39.8 Å². The number of nitrogens with zero attached hydrogens (tertiary/aromatic N) is 2. The molecule has 0 fully saturated rings. The first-order valence-corrected chi connectivity index (χ1v) is 13.8. The molecule has 0 aliphatic rings. The Morgan fingerprint density at radius 2 is 1.65 bits per heavy atom. The predicted molar refractivity (Wildman–Crippen MR) is 158 cm³/mol. The molecule has 0 aromatic heterocycles. The molecule has 4 aromatic carbocycles. The summed E-state index contributed by atoms with van der Waals surface area (Å²) in [5.41, 5.74) is 2.07. The molecule has 10 heteroatoms. The molecular formula is C33H32F2N2O6. The number of rotatable bonds is 14. The Kier molecular flexibility index (Phi) is 10.6. The van der Waals surface area contributed by atoms with Crippen LogP contribution in [0.15, 0.2) is 84.9 Å². The van der Waals surface area contributed by atoms with Gasteiger partial charge in [-0.1, -0.05) is 30.3 Å². The van der Waals surface area contributed by atoms with Crippen molar-refractivity contribution in [2.24, 2.45) is 0 Å². The molecule has 0 saturated heterocycles. The second-order valence-corrected chi connectivity index (χ2v) is 9.75. The van der Waals surface area contributed by atoms with Crippen LogP contribution in [0.4, 0.5) is 20.2 Å². The Morgan fingerprint density at radius 1 is 0.907 bits per heavy atom. The van der Waals surface area contributed by atoms with Gasteiger partial charge >= 0.3 is 5.97 Å². The number of hydrogen-bond acceptors (Lipinski definition) is 7. The van der Waals surface area contributed by atoms with Gasteiger partial charge in [0.2, 0.25) is 0 Å². The molecule has 0 radical (unpaired) electrons. The van der Waals surface area contributed by atoms with E-state index in [-0.39, 0.29) is 30.2 Å². The Balaban J connectivity index is 1.46. The van der Waals surface area contributed by atoms with Crippen LogP contribution in [0, 0.1) is 28.7 Å². The molecular weight excluding hydrogens is 558 g/mol. The summed E-state index contributed by atoms with van der Waals surface area (Å²) in [6.45, 7) is 4.50. The Morgan fingerprint density at radius 3 is 2.37 bits per heavy atom. The molecule has 0 aliphatic heterocycles. The summed E-state index contributed by atoms with van der Waals surface area (Å²) in [4.78, 5) is 24.4. The Labute approximate surface area is 248 Å². The largest absolute Gasteiger partial charge is 0.493 e. The van der Waals surface area contributed by atoms with Gasteiger partial charge in [-0.2, -0.15) is 0 Å². The number of ether oxygens (including phenoxy) is 3. The van der Waals surface area contributed by atoms with E-state index in [2.05, 4.69) is 0 Å². The molecule has 224 valence electrons. The van der Waals surface area contributed by atoms with Gasteiger partial charge in [0, 0.05) is 49.0 Å². The molecule has 0 amide bonds. The van der Waals surface area contributed by atoms with Gasteiger partial charge in [-0.25, -0.2) is 8.78 Å². The van der Waals surface area contributed by atoms with E-state index in [0.717, 1.165) is 11.6 Å². The van der Waals surface area contributed by atoms with Crippen molar-refractivity contribution in [1.82, 2.24) is 0 Å². The number of carbonyl (C=O) groups excluding carboxylic acids is 1. The average Bonchev–Trinajstić information content (AvgIpc) is 2.98. The van der Waals surface area contributed by atoms with E-state index in [4.69, 9.17) is 14.2 Å². The minimum atomic E-state index is -0.693. The number of esters is 1. The summed E-state index contributed by atoms with van der Waals surface area (Å²) in [5.74, 6) is 0.122. The maximum Gasteiger partial charge on any atom is 0.305 e. The summed E-state index contributed by atoms with van der Waals surface area (Å²) in [7, 11) is 0. The van der Waals surface area contributed by atoms with Gasteiger partial charge in [0.05, 0.1) is 23.7 Å². The Bertz CT molecular complexity index is 1560. The first-order chi connectivity index (χ1) is 20.7. The fourth-order valence-corrected chi connectivity index (χ4v) is 4.52. The van der Waals surface area contributed by atoms with Crippen LogP contribution in [0.1, 0.15) is 36.5 Å². The lowest BCUT2D eigenvalue weighted by atomic mass is 10.1. The van der Waals surface area contributed by atoms with Crippen LogP contribution in [0.5, 0.6) is 17.2 Å². The van der Waals surface area contributed by atoms with Gasteiger partial charge < -0.3 is 19.1 Å². The SMILES string of the molecule is CCOC(=O)CCCOc1cccc(Oc2ccc(CN(Cc3ccc(F)cc3F)c3cccc([N+](=O)[O-])c3C)cc2)c1. The third-order valence-corrected chi connectivity index (χ3v) is 6.63. The minimum absolute atomic E-state index is 0.0453. The van der Waals surface area contributed by atoms with Crippen LogP contribution < -0.4 is 14.4 Å². The maximum absolute atomic E-state index is 14.6. The van der Waals surface area contributed by atoms with Gasteiger partial charge in [0.25, 0.3) is 5.69 Å². The molecule has 0 spiro atoms. The van der Waals surface area contributed by atoms with Crippen LogP contribution in [0.25, 0.3) is 0 Å². The minimum Gasteiger partial charge on any atom is -0.493 e. The van der Waals surface area contributed by atoms with Gasteiger partial charge in [0.1, 0.15) is 28.9 Å².